The van der Waals surface area contributed by atoms with Gasteiger partial charge in [0.15, 0.2) is 0 Å². The molecule has 105 valence electrons. The van der Waals surface area contributed by atoms with Crippen LogP contribution in [0.2, 0.25) is 0 Å². The zero-order valence-electron chi connectivity index (χ0n) is 12.5. The molecule has 0 fully saturated rings. The second-order valence-corrected chi connectivity index (χ2v) is 3.67. The Labute approximate surface area is 137 Å². The number of nitrogens with two attached hydrogens (primary N) is 2. The summed E-state index contributed by atoms with van der Waals surface area (Å²) >= 11 is 0. The molecule has 0 aliphatic carbocycles. The van der Waals surface area contributed by atoms with Crippen LogP contribution in [0.15, 0.2) is 0 Å². The zero-order valence-corrected chi connectivity index (χ0v) is 16.7. The topological polar surface area (TPSA) is 73.1 Å². The van der Waals surface area contributed by atoms with Crippen molar-refractivity contribution in [3.63, 3.8) is 0 Å². The summed E-state index contributed by atoms with van der Waals surface area (Å²) in [5.41, 5.74) is 5.37. The van der Waals surface area contributed by atoms with Gasteiger partial charge >= 0.3 is 37.5 Å². The molecule has 0 amide bonds. The van der Waals surface area contributed by atoms with Crippen LogP contribution in [0.1, 0.15) is 53.4 Å². The third-order valence-electron chi connectivity index (χ3n) is 3.13. The van der Waals surface area contributed by atoms with Crippen LogP contribution < -0.4 is 5.73 Å². The van der Waals surface area contributed by atoms with Crippen molar-refractivity contribution in [3.8, 4) is 6.57 Å². The molecule has 0 aromatic carbocycles. The van der Waals surface area contributed by atoms with E-state index in [0.717, 1.165) is 25.7 Å². The van der Waals surface area contributed by atoms with Gasteiger partial charge in [0.25, 0.3) is 6.57 Å². The summed E-state index contributed by atoms with van der Waals surface area (Å²) in [4.78, 5) is 3.46. The van der Waals surface area contributed by atoms with Gasteiger partial charge in [-0.1, -0.05) is 40.5 Å². The molecule has 1 unspecified atom stereocenters. The fourth-order valence-corrected chi connectivity index (χ4v) is 2.16. The Kier molecular flexibility index (Phi) is 20.7. The van der Waals surface area contributed by atoms with Crippen LogP contribution >= 0.6 is 0 Å². The second kappa shape index (κ2) is 13.8. The predicted octanol–water partition coefficient (Wildman–Crippen LogP) is 4.33. The third kappa shape index (κ3) is 7.12. The van der Waals surface area contributed by atoms with Gasteiger partial charge in [-0.05, 0) is 10.4 Å². The average Bonchev–Trinajstić information content (AvgIpc) is 2.28. The molecule has 1 radical (unpaired) electrons. The van der Waals surface area contributed by atoms with Gasteiger partial charge in [0.1, 0.15) is 0 Å². The molecule has 0 saturated carbocycles. The first-order chi connectivity index (χ1) is 7.10. The van der Waals surface area contributed by atoms with Crippen LogP contribution in [-0.2, 0) is 4.74 Å². The van der Waals surface area contributed by atoms with Crippen molar-refractivity contribution in [2.24, 2.45) is 5.73 Å². The molecule has 18 heavy (non-hydrogen) atoms. The number of hydrogen-bond acceptors (Lipinski definition) is 2. The van der Waals surface area contributed by atoms with E-state index in [2.05, 4.69) is 32.5 Å². The Bertz CT molecular complexity index is 211. The largest absolute Gasteiger partial charge is 3.00 e. The van der Waals surface area contributed by atoms with Crippen molar-refractivity contribution in [1.82, 2.24) is 0 Å². The minimum atomic E-state index is -0.724. The van der Waals surface area contributed by atoms with Crippen molar-refractivity contribution in [3.05, 3.63) is 24.3 Å². The second-order valence-electron chi connectivity index (χ2n) is 3.67. The maximum atomic E-state index is 5.78. The van der Waals surface area contributed by atoms with Crippen LogP contribution in [0, 0.1) is 51.0 Å². The van der Waals surface area contributed by atoms with Crippen LogP contribution in [0.25, 0.3) is 11.0 Å². The van der Waals surface area contributed by atoms with Gasteiger partial charge in [0.05, 0.1) is 0 Å². The zero-order chi connectivity index (χ0) is 11.9. The molecule has 0 aromatic rings. The normalized spacial score (nSPS) is 11.6. The molecule has 4 N–H and O–H groups in total. The third-order valence-corrected chi connectivity index (χ3v) is 3.13. The number of hydrogen-bond donors (Lipinski definition) is 1. The molecule has 4 nitrogen and oxygen atoms in total. The first-order valence-corrected chi connectivity index (χ1v) is 5.78. The summed E-state index contributed by atoms with van der Waals surface area (Å²) in [5, 5.41) is 0. The molecule has 0 bridgehead atoms. The molecule has 5 heteroatoms. The smallest absolute Gasteiger partial charge is 0.693 e. The summed E-state index contributed by atoms with van der Waals surface area (Å²) in [7, 11) is 0. The fourth-order valence-electron chi connectivity index (χ4n) is 2.16. The average molecular weight is 481 g/mol. The van der Waals surface area contributed by atoms with Crippen LogP contribution in [0.3, 0.4) is 0 Å². The number of rotatable bonds is 7. The quantitative estimate of drug-likeness (QED) is 0.434. The molecule has 0 aliphatic rings. The Morgan fingerprint density at radius 3 is 1.83 bits per heavy atom. The van der Waals surface area contributed by atoms with E-state index in [4.69, 9.17) is 17.0 Å². The van der Waals surface area contributed by atoms with E-state index in [1.165, 1.54) is 5.92 Å². The molecule has 0 spiro atoms. The molecule has 1 atom stereocenters. The maximum Gasteiger partial charge on any atom is 3.00 e. The van der Waals surface area contributed by atoms with Crippen LogP contribution in [-0.4, -0.2) is 12.0 Å². The molecule has 0 rings (SSSR count). The van der Waals surface area contributed by atoms with E-state index in [-0.39, 0.29) is 50.3 Å². The Morgan fingerprint density at radius 1 is 1.22 bits per heavy atom. The van der Waals surface area contributed by atoms with Crippen molar-refractivity contribution >= 4 is 0 Å². The molecular formula is C13H29N3OU+. The molecular weight excluding hydrogens is 452 g/mol. The maximum absolute atomic E-state index is 5.78. The molecule has 0 aromatic heterocycles. The van der Waals surface area contributed by atoms with Crippen molar-refractivity contribution < 1.29 is 35.9 Å². The van der Waals surface area contributed by atoms with Crippen molar-refractivity contribution in [1.29, 1.82) is 0 Å². The van der Waals surface area contributed by atoms with Gasteiger partial charge in [0, 0.05) is 0 Å². The van der Waals surface area contributed by atoms with Gasteiger partial charge in [-0.2, -0.15) is 12.8 Å². The van der Waals surface area contributed by atoms with E-state index < -0.39 is 6.35 Å². The SMILES string of the molecule is C#[N+]C(N)OC(CC)(CC)[C-](CC)CC.[CH3-].[NH2-].[U+3]. The summed E-state index contributed by atoms with van der Waals surface area (Å²) in [5.74, 6) is 1.38. The first-order valence-electron chi connectivity index (χ1n) is 5.78. The van der Waals surface area contributed by atoms with Gasteiger partial charge in [-0.15, -0.1) is 0 Å². The predicted molar refractivity (Wildman–Crippen MR) is 76.2 cm³/mol. The minimum Gasteiger partial charge on any atom is -0.693 e. The Morgan fingerprint density at radius 2 is 1.61 bits per heavy atom. The van der Waals surface area contributed by atoms with Gasteiger partial charge in [-0.25, -0.2) is 5.73 Å². The number of ether oxygens (including phenoxy) is 1. The minimum absolute atomic E-state index is 0. The van der Waals surface area contributed by atoms with Crippen molar-refractivity contribution in [2.45, 2.75) is 65.3 Å². The van der Waals surface area contributed by atoms with Crippen LogP contribution in [0.5, 0.6) is 0 Å². The van der Waals surface area contributed by atoms with E-state index in [0.29, 0.717) is 0 Å². The Hall–Kier alpha value is 0.422. The Balaban J connectivity index is -0.000000327. The molecule has 0 aliphatic heterocycles. The molecule has 0 saturated heterocycles. The summed E-state index contributed by atoms with van der Waals surface area (Å²) in [6.07, 6.45) is 3.11. The van der Waals surface area contributed by atoms with E-state index in [9.17, 15) is 0 Å². The summed E-state index contributed by atoms with van der Waals surface area (Å²) < 4.78 is 5.78. The molecule has 0 heterocycles. The standard InChI is InChI=1S/C12H24N2O.CH3.H2N.U/c1-6-10(7-2)12(8-3,9-4)15-11(13)14-5;;;/h5,11H,6-9,13H2,1-4H3;1H3;1H2;/q;2*-1;+3. The van der Waals surface area contributed by atoms with Gasteiger partial charge < -0.3 is 18.3 Å². The van der Waals surface area contributed by atoms with E-state index in [1.807, 2.05) is 0 Å². The fraction of sp³-hybridized carbons (Fsp3) is 0.769. The van der Waals surface area contributed by atoms with E-state index >= 15 is 0 Å². The summed E-state index contributed by atoms with van der Waals surface area (Å²) in [6.45, 7) is 13.6. The van der Waals surface area contributed by atoms with Gasteiger partial charge in [0.2, 0.25) is 0 Å². The summed E-state index contributed by atoms with van der Waals surface area (Å²) in [6, 6.07) is 0. The first kappa shape index (κ1) is 26.9. The van der Waals surface area contributed by atoms with Gasteiger partial charge in [-0.3, -0.25) is 5.92 Å². The van der Waals surface area contributed by atoms with E-state index in [1.54, 1.807) is 0 Å². The number of nitrogens with zero attached hydrogens (tertiary/aromatic N) is 1. The van der Waals surface area contributed by atoms with Crippen LogP contribution in [0.4, 0.5) is 0 Å². The van der Waals surface area contributed by atoms with Crippen molar-refractivity contribution in [2.75, 3.05) is 0 Å². The monoisotopic (exact) mass is 481 g/mol.